The third-order valence-corrected chi connectivity index (χ3v) is 6.43. The molecule has 2 N–H and O–H groups in total. The van der Waals surface area contributed by atoms with Crippen molar-refractivity contribution in [3.8, 4) is 5.75 Å². The Labute approximate surface area is 198 Å². The average Bonchev–Trinajstić information content (AvgIpc) is 2.71. The molecule has 1 heterocycles. The van der Waals surface area contributed by atoms with Gasteiger partial charge in [0.15, 0.2) is 5.96 Å². The van der Waals surface area contributed by atoms with Gasteiger partial charge >= 0.3 is 0 Å². The number of nitrogens with zero attached hydrogens (tertiary/aromatic N) is 1. The molecule has 1 saturated heterocycles. The van der Waals surface area contributed by atoms with Crippen LogP contribution < -0.4 is 15.4 Å². The molecule has 5 nitrogen and oxygen atoms in total. The molecule has 1 aromatic rings. The molecule has 166 valence electrons. The van der Waals surface area contributed by atoms with E-state index in [0.717, 1.165) is 57.5 Å². The molecule has 0 saturated carbocycles. The second kappa shape index (κ2) is 13.6. The first-order valence-corrected chi connectivity index (χ1v) is 11.6. The standard InChI is InChI=1S/C22H37N3O2S.HI/c1-6-23-21(24-16-22(28-5)11-13-26-14-12-22)25-18(4)19-7-9-20(10-8-19)27-15-17(2)3;/h7-10,17-18H,6,11-16H2,1-5H3,(H2,23,24,25);1H. The van der Waals surface area contributed by atoms with Crippen molar-refractivity contribution >= 4 is 41.7 Å². The van der Waals surface area contributed by atoms with Crippen LogP contribution in [0, 0.1) is 5.92 Å². The Hall–Kier alpha value is -0.670. The topological polar surface area (TPSA) is 54.9 Å². The maximum Gasteiger partial charge on any atom is 0.191 e. The number of thioether (sulfide) groups is 1. The number of aliphatic imine (C=N–C) groups is 1. The van der Waals surface area contributed by atoms with Crippen LogP contribution in [0.1, 0.15) is 52.1 Å². The van der Waals surface area contributed by atoms with E-state index in [9.17, 15) is 0 Å². The minimum Gasteiger partial charge on any atom is -0.493 e. The number of hydrogen-bond donors (Lipinski definition) is 2. The van der Waals surface area contributed by atoms with E-state index in [1.165, 1.54) is 5.56 Å². The number of nitrogens with one attached hydrogen (secondary N) is 2. The smallest absolute Gasteiger partial charge is 0.191 e. The molecule has 1 fully saturated rings. The van der Waals surface area contributed by atoms with Crippen molar-refractivity contribution in [3.63, 3.8) is 0 Å². The quantitative estimate of drug-likeness (QED) is 0.269. The summed E-state index contributed by atoms with van der Waals surface area (Å²) in [7, 11) is 0. The van der Waals surface area contributed by atoms with Crippen LogP contribution in [0.2, 0.25) is 0 Å². The molecule has 7 heteroatoms. The highest BCUT2D eigenvalue weighted by Crippen LogP contribution is 2.34. The second-order valence-corrected chi connectivity index (χ2v) is 9.11. The normalized spacial score (nSPS) is 17.4. The summed E-state index contributed by atoms with van der Waals surface area (Å²) in [4.78, 5) is 4.91. The van der Waals surface area contributed by atoms with E-state index in [4.69, 9.17) is 14.5 Å². The molecule has 0 aliphatic carbocycles. The van der Waals surface area contributed by atoms with Gasteiger partial charge in [-0.1, -0.05) is 26.0 Å². The summed E-state index contributed by atoms with van der Waals surface area (Å²) < 4.78 is 11.5. The van der Waals surface area contributed by atoms with E-state index in [1.807, 2.05) is 23.9 Å². The van der Waals surface area contributed by atoms with E-state index in [-0.39, 0.29) is 34.8 Å². The van der Waals surface area contributed by atoms with E-state index in [2.05, 4.69) is 56.7 Å². The lowest BCUT2D eigenvalue weighted by Crippen LogP contribution is -2.41. The van der Waals surface area contributed by atoms with E-state index in [0.29, 0.717) is 5.92 Å². The summed E-state index contributed by atoms with van der Waals surface area (Å²) in [6.45, 7) is 12.6. The van der Waals surface area contributed by atoms with Crippen LogP contribution >= 0.6 is 35.7 Å². The molecule has 1 aliphatic rings. The summed E-state index contributed by atoms with van der Waals surface area (Å²) in [5.74, 6) is 2.32. The van der Waals surface area contributed by atoms with Gasteiger partial charge in [-0.05, 0) is 56.6 Å². The summed E-state index contributed by atoms with van der Waals surface area (Å²) in [5.41, 5.74) is 1.22. The molecule has 0 bridgehead atoms. The van der Waals surface area contributed by atoms with Crippen molar-refractivity contribution in [2.24, 2.45) is 10.9 Å². The number of benzene rings is 1. The lowest BCUT2D eigenvalue weighted by atomic mass is 9.99. The molecule has 2 rings (SSSR count). The van der Waals surface area contributed by atoms with Gasteiger partial charge in [0, 0.05) is 24.5 Å². The summed E-state index contributed by atoms with van der Waals surface area (Å²) in [5, 5.41) is 6.92. The maximum absolute atomic E-state index is 5.78. The van der Waals surface area contributed by atoms with Gasteiger partial charge in [-0.25, -0.2) is 0 Å². The molecular formula is C22H38IN3O2S. The van der Waals surface area contributed by atoms with E-state index >= 15 is 0 Å². The first kappa shape index (κ1) is 26.4. The number of ether oxygens (including phenoxy) is 2. The summed E-state index contributed by atoms with van der Waals surface area (Å²) in [6, 6.07) is 8.50. The predicted molar refractivity (Wildman–Crippen MR) is 136 cm³/mol. The van der Waals surface area contributed by atoms with E-state index in [1.54, 1.807) is 0 Å². The molecule has 1 unspecified atom stereocenters. The highest BCUT2D eigenvalue weighted by Gasteiger charge is 2.31. The van der Waals surface area contributed by atoms with Crippen molar-refractivity contribution in [1.82, 2.24) is 10.6 Å². The monoisotopic (exact) mass is 535 g/mol. The minimum absolute atomic E-state index is 0. The van der Waals surface area contributed by atoms with Crippen molar-refractivity contribution in [2.45, 2.75) is 51.3 Å². The third-order valence-electron chi connectivity index (χ3n) is 5.02. The molecule has 1 atom stereocenters. The van der Waals surface area contributed by atoms with Gasteiger partial charge in [0.25, 0.3) is 0 Å². The van der Waals surface area contributed by atoms with Gasteiger partial charge in [0.1, 0.15) is 5.75 Å². The molecule has 0 radical (unpaired) electrons. The number of rotatable bonds is 9. The average molecular weight is 536 g/mol. The zero-order valence-electron chi connectivity index (χ0n) is 18.5. The Morgan fingerprint density at radius 1 is 1.21 bits per heavy atom. The lowest BCUT2D eigenvalue weighted by molar-refractivity contribution is 0.0794. The van der Waals surface area contributed by atoms with Crippen LogP contribution in [0.15, 0.2) is 29.3 Å². The van der Waals surface area contributed by atoms with Gasteiger partial charge in [-0.15, -0.1) is 24.0 Å². The Balaban J connectivity index is 0.00000420. The molecule has 1 aromatic carbocycles. The van der Waals surface area contributed by atoms with Gasteiger partial charge in [-0.3, -0.25) is 4.99 Å². The maximum atomic E-state index is 5.78. The molecule has 1 aliphatic heterocycles. The fourth-order valence-corrected chi connectivity index (χ4v) is 3.89. The lowest BCUT2D eigenvalue weighted by Gasteiger charge is -2.34. The third kappa shape index (κ3) is 8.92. The van der Waals surface area contributed by atoms with Gasteiger partial charge in [-0.2, -0.15) is 11.8 Å². The highest BCUT2D eigenvalue weighted by molar-refractivity contribution is 14.0. The Bertz CT molecular complexity index is 605. The Morgan fingerprint density at radius 2 is 1.86 bits per heavy atom. The zero-order valence-corrected chi connectivity index (χ0v) is 21.6. The van der Waals surface area contributed by atoms with Crippen molar-refractivity contribution < 1.29 is 9.47 Å². The molecular weight excluding hydrogens is 497 g/mol. The fourth-order valence-electron chi connectivity index (χ4n) is 3.12. The Kier molecular flexibility index (Phi) is 12.4. The predicted octanol–water partition coefficient (Wildman–Crippen LogP) is 4.87. The summed E-state index contributed by atoms with van der Waals surface area (Å²) in [6.07, 6.45) is 4.31. The van der Waals surface area contributed by atoms with Gasteiger partial charge < -0.3 is 20.1 Å². The van der Waals surface area contributed by atoms with Crippen LogP contribution in [0.25, 0.3) is 0 Å². The van der Waals surface area contributed by atoms with Crippen LogP contribution in [-0.4, -0.2) is 49.9 Å². The van der Waals surface area contributed by atoms with Crippen LogP contribution in [0.5, 0.6) is 5.75 Å². The van der Waals surface area contributed by atoms with Gasteiger partial charge in [0.2, 0.25) is 0 Å². The number of hydrogen-bond acceptors (Lipinski definition) is 4. The van der Waals surface area contributed by atoms with Crippen molar-refractivity contribution in [1.29, 1.82) is 0 Å². The molecule has 0 spiro atoms. The van der Waals surface area contributed by atoms with E-state index < -0.39 is 0 Å². The van der Waals surface area contributed by atoms with Crippen molar-refractivity contribution in [3.05, 3.63) is 29.8 Å². The van der Waals surface area contributed by atoms with Gasteiger partial charge in [0.05, 0.1) is 19.2 Å². The molecule has 0 aromatic heterocycles. The Morgan fingerprint density at radius 3 is 2.41 bits per heavy atom. The van der Waals surface area contributed by atoms with Crippen LogP contribution in [0.3, 0.4) is 0 Å². The minimum atomic E-state index is 0. The molecule has 29 heavy (non-hydrogen) atoms. The first-order valence-electron chi connectivity index (χ1n) is 10.4. The van der Waals surface area contributed by atoms with Crippen molar-refractivity contribution in [2.75, 3.05) is 39.2 Å². The number of guanidine groups is 1. The van der Waals surface area contributed by atoms with Crippen LogP contribution in [0.4, 0.5) is 0 Å². The zero-order chi connectivity index (χ0) is 20.4. The second-order valence-electron chi connectivity index (χ2n) is 7.83. The highest BCUT2D eigenvalue weighted by atomic mass is 127. The van der Waals surface area contributed by atoms with Crippen LogP contribution in [-0.2, 0) is 4.74 Å². The fraction of sp³-hybridized carbons (Fsp3) is 0.682. The summed E-state index contributed by atoms with van der Waals surface area (Å²) >= 11 is 1.92. The number of halogens is 1. The SMILES string of the molecule is CCNC(=NCC1(SC)CCOCC1)NC(C)c1ccc(OCC(C)C)cc1.I. The largest absolute Gasteiger partial charge is 0.493 e. The first-order chi connectivity index (χ1) is 13.5. The molecule has 0 amide bonds.